The Morgan fingerprint density at radius 2 is 2.50 bits per heavy atom. The maximum absolute atomic E-state index is 5.34. The molecular formula is C8H12BrN3OS. The monoisotopic (exact) mass is 277 g/mol. The van der Waals surface area contributed by atoms with Crippen LogP contribution in [0.15, 0.2) is 3.92 Å². The molecule has 0 bridgehead atoms. The lowest BCUT2D eigenvalue weighted by atomic mass is 10.0. The van der Waals surface area contributed by atoms with Crippen LogP contribution >= 0.6 is 27.3 Å². The second-order valence-corrected chi connectivity index (χ2v) is 5.67. The summed E-state index contributed by atoms with van der Waals surface area (Å²) in [6.45, 7) is 3.90. The lowest BCUT2D eigenvalue weighted by molar-refractivity contribution is 0.183. The number of nitrogens with zero attached hydrogens (tertiary/aromatic N) is 2. The number of rotatable bonds is 3. The van der Waals surface area contributed by atoms with Gasteiger partial charge in [0, 0.05) is 18.6 Å². The Morgan fingerprint density at radius 1 is 1.64 bits per heavy atom. The fraction of sp³-hybridized carbons (Fsp3) is 0.750. The van der Waals surface area contributed by atoms with Gasteiger partial charge in [-0.15, -0.1) is 10.2 Å². The van der Waals surface area contributed by atoms with Gasteiger partial charge < -0.3 is 10.1 Å². The minimum atomic E-state index is 0.400. The molecule has 0 saturated carbocycles. The van der Waals surface area contributed by atoms with Crippen molar-refractivity contribution in [3.8, 4) is 0 Å². The molecule has 1 fully saturated rings. The van der Waals surface area contributed by atoms with Crippen molar-refractivity contribution in [2.75, 3.05) is 18.5 Å². The summed E-state index contributed by atoms with van der Waals surface area (Å²) >= 11 is 4.80. The van der Waals surface area contributed by atoms with Crippen LogP contribution in [-0.4, -0.2) is 29.5 Å². The minimum Gasteiger partial charge on any atom is -0.381 e. The summed E-state index contributed by atoms with van der Waals surface area (Å²) in [6, 6.07) is 0.400. The molecule has 0 aliphatic carbocycles. The van der Waals surface area contributed by atoms with Crippen molar-refractivity contribution in [1.29, 1.82) is 0 Å². The van der Waals surface area contributed by atoms with Crippen LogP contribution in [0.4, 0.5) is 5.13 Å². The SMILES string of the molecule is CC(Nc1nnc(Br)s1)C1CCOC1. The summed E-state index contributed by atoms with van der Waals surface area (Å²) in [5.74, 6) is 0.595. The molecule has 2 heterocycles. The van der Waals surface area contributed by atoms with E-state index in [-0.39, 0.29) is 0 Å². The van der Waals surface area contributed by atoms with E-state index in [2.05, 4.69) is 38.4 Å². The smallest absolute Gasteiger partial charge is 0.206 e. The van der Waals surface area contributed by atoms with Crippen molar-refractivity contribution in [3.05, 3.63) is 3.92 Å². The van der Waals surface area contributed by atoms with Crippen LogP contribution < -0.4 is 5.32 Å². The second-order valence-electron chi connectivity index (χ2n) is 3.42. The Balaban J connectivity index is 1.90. The molecule has 1 aromatic heterocycles. The highest BCUT2D eigenvalue weighted by Gasteiger charge is 2.22. The molecule has 1 N–H and O–H groups in total. The van der Waals surface area contributed by atoms with E-state index in [1.54, 1.807) is 0 Å². The highest BCUT2D eigenvalue weighted by Crippen LogP contribution is 2.24. The third-order valence-corrected chi connectivity index (χ3v) is 3.71. The quantitative estimate of drug-likeness (QED) is 0.920. The summed E-state index contributed by atoms with van der Waals surface area (Å²) in [6.07, 6.45) is 1.13. The van der Waals surface area contributed by atoms with Crippen LogP contribution in [0, 0.1) is 5.92 Å². The van der Waals surface area contributed by atoms with Gasteiger partial charge in [0.15, 0.2) is 3.92 Å². The lowest BCUT2D eigenvalue weighted by Crippen LogP contribution is -2.25. The number of hydrogen-bond donors (Lipinski definition) is 1. The van der Waals surface area contributed by atoms with Crippen molar-refractivity contribution in [2.45, 2.75) is 19.4 Å². The van der Waals surface area contributed by atoms with Crippen LogP contribution in [0.2, 0.25) is 0 Å². The molecule has 0 amide bonds. The highest BCUT2D eigenvalue weighted by molar-refractivity contribution is 9.11. The molecule has 1 aromatic rings. The van der Waals surface area contributed by atoms with E-state index in [1.165, 1.54) is 11.3 Å². The average molecular weight is 278 g/mol. The summed E-state index contributed by atoms with van der Waals surface area (Å²) in [5.41, 5.74) is 0. The molecule has 1 saturated heterocycles. The topological polar surface area (TPSA) is 47.0 Å². The van der Waals surface area contributed by atoms with Gasteiger partial charge in [0.2, 0.25) is 5.13 Å². The van der Waals surface area contributed by atoms with E-state index in [1.807, 2.05) is 0 Å². The summed E-state index contributed by atoms with van der Waals surface area (Å²) in [7, 11) is 0. The van der Waals surface area contributed by atoms with Crippen LogP contribution in [0.3, 0.4) is 0 Å². The fourth-order valence-electron chi connectivity index (χ4n) is 1.52. The average Bonchev–Trinajstić information content (AvgIpc) is 2.75. The van der Waals surface area contributed by atoms with Crippen molar-refractivity contribution in [3.63, 3.8) is 0 Å². The fourth-order valence-corrected chi connectivity index (χ4v) is 2.63. The van der Waals surface area contributed by atoms with Gasteiger partial charge in [-0.1, -0.05) is 11.3 Å². The largest absolute Gasteiger partial charge is 0.381 e. The van der Waals surface area contributed by atoms with Crippen LogP contribution in [0.1, 0.15) is 13.3 Å². The second kappa shape index (κ2) is 4.55. The van der Waals surface area contributed by atoms with E-state index < -0.39 is 0 Å². The molecule has 78 valence electrons. The molecule has 2 atom stereocenters. The van der Waals surface area contributed by atoms with Gasteiger partial charge >= 0.3 is 0 Å². The molecule has 2 rings (SSSR count). The zero-order valence-corrected chi connectivity index (χ0v) is 10.3. The van der Waals surface area contributed by atoms with Gasteiger partial charge in [0.05, 0.1) is 6.61 Å². The Hall–Kier alpha value is -0.200. The van der Waals surface area contributed by atoms with Crippen LogP contribution in [-0.2, 0) is 4.74 Å². The molecule has 1 aliphatic rings. The third-order valence-electron chi connectivity index (χ3n) is 2.42. The molecule has 0 aromatic carbocycles. The van der Waals surface area contributed by atoms with Crippen molar-refractivity contribution in [2.24, 2.45) is 5.92 Å². The molecular weight excluding hydrogens is 266 g/mol. The lowest BCUT2D eigenvalue weighted by Gasteiger charge is -2.17. The van der Waals surface area contributed by atoms with Gasteiger partial charge in [-0.3, -0.25) is 0 Å². The van der Waals surface area contributed by atoms with Gasteiger partial charge in [-0.2, -0.15) is 0 Å². The minimum absolute atomic E-state index is 0.400. The number of halogens is 1. The molecule has 14 heavy (non-hydrogen) atoms. The number of hydrogen-bond acceptors (Lipinski definition) is 5. The van der Waals surface area contributed by atoms with Crippen molar-refractivity contribution in [1.82, 2.24) is 10.2 Å². The van der Waals surface area contributed by atoms with Crippen molar-refractivity contribution >= 4 is 32.4 Å². The highest BCUT2D eigenvalue weighted by atomic mass is 79.9. The number of ether oxygens (including phenoxy) is 1. The first-order valence-electron chi connectivity index (χ1n) is 4.59. The Morgan fingerprint density at radius 3 is 3.07 bits per heavy atom. The maximum atomic E-state index is 5.34. The molecule has 6 heteroatoms. The van der Waals surface area contributed by atoms with Gasteiger partial charge in [0.1, 0.15) is 0 Å². The molecule has 0 radical (unpaired) electrons. The molecule has 2 unspecified atom stereocenters. The maximum Gasteiger partial charge on any atom is 0.206 e. The van der Waals surface area contributed by atoms with Gasteiger partial charge in [-0.05, 0) is 29.3 Å². The summed E-state index contributed by atoms with van der Waals surface area (Å²) in [4.78, 5) is 0. The van der Waals surface area contributed by atoms with E-state index in [4.69, 9.17) is 4.74 Å². The Labute approximate surface area is 95.2 Å². The molecule has 4 nitrogen and oxygen atoms in total. The molecule has 1 aliphatic heterocycles. The Kier molecular flexibility index (Phi) is 3.35. The standard InChI is InChI=1S/C8H12BrN3OS/c1-5(6-2-3-13-4-6)10-8-12-11-7(9)14-8/h5-6H,2-4H2,1H3,(H,10,12). The van der Waals surface area contributed by atoms with E-state index in [0.717, 1.165) is 28.7 Å². The normalized spacial score (nSPS) is 23.7. The zero-order valence-electron chi connectivity index (χ0n) is 7.86. The predicted molar refractivity (Wildman–Crippen MR) is 59.6 cm³/mol. The number of aromatic nitrogens is 2. The first-order valence-corrected chi connectivity index (χ1v) is 6.20. The zero-order chi connectivity index (χ0) is 9.97. The third kappa shape index (κ3) is 2.43. The van der Waals surface area contributed by atoms with Crippen molar-refractivity contribution < 1.29 is 4.74 Å². The predicted octanol–water partition coefficient (Wildman–Crippen LogP) is 2.14. The number of anilines is 1. The number of nitrogens with one attached hydrogen (secondary N) is 1. The van der Waals surface area contributed by atoms with Crippen LogP contribution in [0.25, 0.3) is 0 Å². The van der Waals surface area contributed by atoms with Crippen LogP contribution in [0.5, 0.6) is 0 Å². The first kappa shape index (κ1) is 10.3. The Bertz CT molecular complexity index is 301. The van der Waals surface area contributed by atoms with E-state index >= 15 is 0 Å². The summed E-state index contributed by atoms with van der Waals surface area (Å²) in [5, 5.41) is 12.1. The van der Waals surface area contributed by atoms with Gasteiger partial charge in [0.25, 0.3) is 0 Å². The first-order chi connectivity index (χ1) is 6.75. The van der Waals surface area contributed by atoms with Gasteiger partial charge in [-0.25, -0.2) is 0 Å². The summed E-state index contributed by atoms with van der Waals surface area (Å²) < 4.78 is 6.15. The van der Waals surface area contributed by atoms with E-state index in [9.17, 15) is 0 Å². The molecule has 0 spiro atoms. The van der Waals surface area contributed by atoms with E-state index in [0.29, 0.717) is 12.0 Å².